The maximum Gasteiger partial charge on any atom is 0.240 e. The van der Waals surface area contributed by atoms with Crippen LogP contribution in [-0.2, 0) is 24.4 Å². The molecule has 4 aliphatic rings. The van der Waals surface area contributed by atoms with Crippen LogP contribution in [0.1, 0.15) is 76.7 Å². The molecule has 1 saturated heterocycles. The van der Waals surface area contributed by atoms with E-state index >= 15 is 0 Å². The monoisotopic (exact) mass is 682 g/mol. The van der Waals surface area contributed by atoms with Crippen molar-refractivity contribution in [1.29, 1.82) is 0 Å². The number of methoxy groups -OCH3 is 1. The maximum absolute atomic E-state index is 14.2. The van der Waals surface area contributed by atoms with Gasteiger partial charge in [-0.15, -0.1) is 0 Å². The Morgan fingerprint density at radius 2 is 1.94 bits per heavy atom. The van der Waals surface area contributed by atoms with E-state index < -0.39 is 44.8 Å². The molecule has 0 radical (unpaired) electrons. The third-order valence-electron chi connectivity index (χ3n) is 10.2. The van der Waals surface area contributed by atoms with Gasteiger partial charge in [-0.05, 0) is 70.4 Å². The first-order valence-electron chi connectivity index (χ1n) is 17.1. The molecule has 13 heteroatoms. The number of allylic oxidation sites excluding steroid dienone is 2. The number of aromatic nitrogens is 1. The Morgan fingerprint density at radius 1 is 1.15 bits per heavy atom. The number of fused-ring (bicyclic) bond motifs is 3. The molecule has 3 N–H and O–H groups in total. The Morgan fingerprint density at radius 3 is 2.67 bits per heavy atom. The van der Waals surface area contributed by atoms with E-state index in [2.05, 4.69) is 9.71 Å². The van der Waals surface area contributed by atoms with Crippen LogP contribution in [0.25, 0.3) is 10.9 Å². The number of carbonyl (C=O) groups is 3. The van der Waals surface area contributed by atoms with Crippen LogP contribution in [0.3, 0.4) is 0 Å². The summed E-state index contributed by atoms with van der Waals surface area (Å²) in [6.45, 7) is 4.29. The van der Waals surface area contributed by atoms with Gasteiger partial charge in [-0.3, -0.25) is 19.1 Å². The van der Waals surface area contributed by atoms with Gasteiger partial charge >= 0.3 is 0 Å². The second kappa shape index (κ2) is 13.7. The van der Waals surface area contributed by atoms with Crippen LogP contribution < -0.4 is 24.7 Å². The van der Waals surface area contributed by atoms with Crippen LogP contribution in [0.15, 0.2) is 30.4 Å². The Bertz CT molecular complexity index is 1720. The van der Waals surface area contributed by atoms with Crippen LogP contribution in [0, 0.1) is 18.3 Å². The van der Waals surface area contributed by atoms with Crippen molar-refractivity contribution in [2.24, 2.45) is 17.1 Å². The van der Waals surface area contributed by atoms with E-state index in [0.717, 1.165) is 36.6 Å². The molecule has 3 heterocycles. The molecule has 12 nitrogen and oxygen atoms in total. The summed E-state index contributed by atoms with van der Waals surface area (Å²) in [7, 11) is -2.21. The van der Waals surface area contributed by atoms with Crippen molar-refractivity contribution in [1.82, 2.24) is 14.6 Å². The number of amides is 2. The van der Waals surface area contributed by atoms with E-state index in [9.17, 15) is 22.8 Å². The summed E-state index contributed by atoms with van der Waals surface area (Å²) < 4.78 is 45.6. The molecule has 0 bridgehead atoms. The van der Waals surface area contributed by atoms with Crippen molar-refractivity contribution in [3.63, 3.8) is 0 Å². The first kappa shape index (κ1) is 34.2. The van der Waals surface area contributed by atoms with Crippen LogP contribution >= 0.6 is 0 Å². The molecule has 2 saturated carbocycles. The summed E-state index contributed by atoms with van der Waals surface area (Å²) >= 11 is 0. The van der Waals surface area contributed by atoms with E-state index in [-0.39, 0.29) is 37.0 Å². The predicted octanol–water partition coefficient (Wildman–Crippen LogP) is 3.72. The predicted molar refractivity (Wildman–Crippen MR) is 179 cm³/mol. The van der Waals surface area contributed by atoms with Gasteiger partial charge in [0, 0.05) is 29.9 Å². The fourth-order valence-corrected chi connectivity index (χ4v) is 8.55. The highest BCUT2D eigenvalue weighted by Crippen LogP contribution is 2.57. The molecule has 2 aromatic rings. The third-order valence-corrected chi connectivity index (χ3v) is 12.0. The lowest BCUT2D eigenvalue weighted by atomic mass is 9.91. The van der Waals surface area contributed by atoms with E-state index in [4.69, 9.17) is 19.9 Å². The van der Waals surface area contributed by atoms with Gasteiger partial charge in [0.25, 0.3) is 0 Å². The quantitative estimate of drug-likeness (QED) is 0.392. The van der Waals surface area contributed by atoms with E-state index in [1.165, 1.54) is 4.90 Å². The maximum atomic E-state index is 14.2. The summed E-state index contributed by atoms with van der Waals surface area (Å²) in [6.07, 6.45) is 8.66. The number of rotatable bonds is 8. The number of nitrogens with zero attached hydrogens (tertiary/aromatic N) is 2. The van der Waals surface area contributed by atoms with Crippen LogP contribution in [0.2, 0.25) is 0 Å². The van der Waals surface area contributed by atoms with Crippen molar-refractivity contribution >= 4 is 38.5 Å². The average Bonchev–Trinajstić information content (AvgIpc) is 3.98. The molecule has 2 aliphatic carbocycles. The lowest BCUT2D eigenvalue weighted by Gasteiger charge is -2.27. The van der Waals surface area contributed by atoms with E-state index in [1.807, 2.05) is 38.1 Å². The second-order valence-electron chi connectivity index (χ2n) is 13.6. The Hall–Kier alpha value is -3.71. The number of aryl methyl sites for hydroxylation is 1. The van der Waals surface area contributed by atoms with Crippen molar-refractivity contribution in [2.45, 2.75) is 101 Å². The van der Waals surface area contributed by atoms with Gasteiger partial charge in [0.1, 0.15) is 17.6 Å². The van der Waals surface area contributed by atoms with Gasteiger partial charge in [-0.2, -0.15) is 0 Å². The number of nitrogens with one attached hydrogen (secondary N) is 1. The molecule has 5 atom stereocenters. The van der Waals surface area contributed by atoms with Crippen molar-refractivity contribution in [3.8, 4) is 17.4 Å². The Kier molecular flexibility index (Phi) is 9.72. The van der Waals surface area contributed by atoms with Gasteiger partial charge in [0.15, 0.2) is 5.78 Å². The molecule has 6 rings (SSSR count). The van der Waals surface area contributed by atoms with E-state index in [1.54, 1.807) is 13.2 Å². The standard InChI is InChI=1S/C35H46N4O8S/c1-4-46-31-17-30(25-14-15-29(45-3)21(2)32(25)37-31)47-23-16-27-28(40)19-35(34(42)38-48(43,44)24-12-13-24)18-22(35)10-8-6-5-7-9-11-26(36)33(41)39(27)20-23/h8,10,14-15,17,22-24,26-27H,4-7,9,11-13,16,18-20,36H2,1-3H3,(H,38,42)/b10-8-/t22-,23+,26-,27-,35+/m0/s1. The highest BCUT2D eigenvalue weighted by Gasteiger charge is 2.61. The van der Waals surface area contributed by atoms with Crippen molar-refractivity contribution in [3.05, 3.63) is 35.9 Å². The summed E-state index contributed by atoms with van der Waals surface area (Å²) in [5.41, 5.74) is 6.70. The average molecular weight is 683 g/mol. The molecule has 2 amide bonds. The van der Waals surface area contributed by atoms with Gasteiger partial charge in [-0.1, -0.05) is 25.0 Å². The van der Waals surface area contributed by atoms with Gasteiger partial charge in [-0.25, -0.2) is 13.4 Å². The fourth-order valence-electron chi connectivity index (χ4n) is 7.16. The summed E-state index contributed by atoms with van der Waals surface area (Å²) in [6, 6.07) is 3.75. The number of hydrogen-bond acceptors (Lipinski definition) is 10. The number of benzene rings is 1. The molecular formula is C35H46N4O8S. The van der Waals surface area contributed by atoms with Crippen LogP contribution in [0.4, 0.5) is 0 Å². The number of ether oxygens (including phenoxy) is 3. The van der Waals surface area contributed by atoms with Gasteiger partial charge in [0.2, 0.25) is 27.7 Å². The zero-order valence-corrected chi connectivity index (χ0v) is 28.7. The van der Waals surface area contributed by atoms with Gasteiger partial charge < -0.3 is 24.8 Å². The van der Waals surface area contributed by atoms with Crippen LogP contribution in [0.5, 0.6) is 17.4 Å². The number of nitrogens with two attached hydrogens (primary N) is 1. The highest BCUT2D eigenvalue weighted by atomic mass is 32.2. The van der Waals surface area contributed by atoms with Crippen molar-refractivity contribution in [2.75, 3.05) is 20.3 Å². The minimum absolute atomic E-state index is 0.129. The highest BCUT2D eigenvalue weighted by molar-refractivity contribution is 7.90. The number of carbonyl (C=O) groups excluding carboxylic acids is 3. The zero-order valence-electron chi connectivity index (χ0n) is 27.9. The molecular weight excluding hydrogens is 636 g/mol. The zero-order chi connectivity index (χ0) is 34.2. The lowest BCUT2D eigenvalue weighted by molar-refractivity contribution is -0.140. The van der Waals surface area contributed by atoms with Crippen molar-refractivity contribution < 1.29 is 37.0 Å². The third kappa shape index (κ3) is 6.89. The number of hydrogen-bond donors (Lipinski definition) is 2. The summed E-state index contributed by atoms with van der Waals surface area (Å²) in [4.78, 5) is 47.9. The molecule has 1 aromatic carbocycles. The molecule has 1 aromatic heterocycles. The Labute approximate surface area is 281 Å². The molecule has 0 spiro atoms. The largest absolute Gasteiger partial charge is 0.496 e. The summed E-state index contributed by atoms with van der Waals surface area (Å²) in [5, 5.41) is 0.166. The number of sulfonamides is 1. The molecule has 2 aliphatic heterocycles. The van der Waals surface area contributed by atoms with Crippen LogP contribution in [-0.4, -0.2) is 79.6 Å². The SMILES string of the molecule is CCOc1cc(O[C@@H]2C[C@H]3C(=O)C[C@]4(C(=O)NS(=O)(=O)C5CC5)C[C@@H]4/C=C\CCCCC[C@H](N)C(=O)N3C2)c2ccc(OC)c(C)c2n1. The minimum Gasteiger partial charge on any atom is -0.496 e. The number of ketones is 1. The molecule has 0 unspecified atom stereocenters. The first-order valence-corrected chi connectivity index (χ1v) is 18.6. The first-order chi connectivity index (χ1) is 23.0. The smallest absolute Gasteiger partial charge is 0.240 e. The molecule has 48 heavy (non-hydrogen) atoms. The number of Topliss-reactive ketones (excluding diaryl/α,β-unsaturated/α-hetero) is 1. The second-order valence-corrected chi connectivity index (χ2v) is 15.6. The molecule has 260 valence electrons. The minimum atomic E-state index is -3.80. The molecule has 3 fully saturated rings. The van der Waals surface area contributed by atoms with Gasteiger partial charge in [0.05, 0.1) is 48.5 Å². The fraction of sp³-hybridized carbons (Fsp3) is 0.600. The van der Waals surface area contributed by atoms with E-state index in [0.29, 0.717) is 55.2 Å². The number of pyridine rings is 1. The summed E-state index contributed by atoms with van der Waals surface area (Å²) in [5.74, 6) is 0.00909. The lowest BCUT2D eigenvalue weighted by Crippen LogP contribution is -2.49. The normalized spacial score (nSPS) is 28.9. The topological polar surface area (TPSA) is 167 Å². The Balaban J connectivity index is 1.30.